The van der Waals surface area contributed by atoms with Crippen LogP contribution in [0.3, 0.4) is 0 Å². The Bertz CT molecular complexity index is 736. The molecule has 1 N–H and O–H groups in total. The quantitative estimate of drug-likeness (QED) is 0.943. The third-order valence-electron chi connectivity index (χ3n) is 5.59. The highest BCUT2D eigenvalue weighted by atomic mass is 16.1. The Hall–Kier alpha value is -1.88. The zero-order chi connectivity index (χ0) is 16.5. The molecule has 5 nitrogen and oxygen atoms in total. The van der Waals surface area contributed by atoms with Gasteiger partial charge in [0, 0.05) is 25.0 Å². The maximum Gasteiger partial charge on any atom is 0.271 e. The van der Waals surface area contributed by atoms with E-state index in [4.69, 9.17) is 0 Å². The molecular weight excluding hydrogens is 300 g/mol. The van der Waals surface area contributed by atoms with Gasteiger partial charge in [-0.1, -0.05) is 12.5 Å². The number of carbonyl (C=O) groups is 1. The molecule has 0 radical (unpaired) electrons. The van der Waals surface area contributed by atoms with Crippen LogP contribution < -0.4 is 5.32 Å². The molecule has 0 aliphatic carbocycles. The van der Waals surface area contributed by atoms with Gasteiger partial charge in [0.05, 0.1) is 0 Å². The lowest BCUT2D eigenvalue weighted by Gasteiger charge is -2.44. The Morgan fingerprint density at radius 1 is 1.21 bits per heavy atom. The van der Waals surface area contributed by atoms with Gasteiger partial charge in [0.1, 0.15) is 11.3 Å². The number of carbonyl (C=O) groups excluding carboxylic acids is 1. The molecule has 2 saturated heterocycles. The number of amides is 1. The van der Waals surface area contributed by atoms with Crippen LogP contribution in [0, 0.1) is 12.8 Å². The second-order valence-corrected chi connectivity index (χ2v) is 7.31. The zero-order valence-electron chi connectivity index (χ0n) is 14.4. The van der Waals surface area contributed by atoms with E-state index in [1.165, 1.54) is 45.2 Å². The maximum atomic E-state index is 12.5. The summed E-state index contributed by atoms with van der Waals surface area (Å²) in [5.74, 6) is 0.534. The van der Waals surface area contributed by atoms with Crippen LogP contribution in [0.2, 0.25) is 0 Å². The number of aryl methyl sites for hydroxylation is 1. The van der Waals surface area contributed by atoms with E-state index in [0.717, 1.165) is 17.8 Å². The molecule has 0 unspecified atom stereocenters. The SMILES string of the molecule is Cc1ccc2nc(C(=O)NC[C@@H]3CCCN4CCCC[C@H]34)cn2c1. The van der Waals surface area contributed by atoms with Gasteiger partial charge in [-0.15, -0.1) is 0 Å². The zero-order valence-corrected chi connectivity index (χ0v) is 14.4. The van der Waals surface area contributed by atoms with Crippen molar-refractivity contribution in [3.05, 3.63) is 35.8 Å². The number of fused-ring (bicyclic) bond motifs is 2. The van der Waals surface area contributed by atoms with Gasteiger partial charge in [-0.05, 0) is 63.2 Å². The lowest BCUT2D eigenvalue weighted by Crippen LogP contribution is -2.51. The fourth-order valence-electron chi connectivity index (χ4n) is 4.34. The van der Waals surface area contributed by atoms with Crippen molar-refractivity contribution in [3.63, 3.8) is 0 Å². The molecule has 4 heterocycles. The van der Waals surface area contributed by atoms with E-state index in [1.54, 1.807) is 0 Å². The summed E-state index contributed by atoms with van der Waals surface area (Å²) in [6.07, 6.45) is 10.3. The Morgan fingerprint density at radius 2 is 2.08 bits per heavy atom. The number of nitrogens with zero attached hydrogens (tertiary/aromatic N) is 3. The molecule has 128 valence electrons. The normalized spacial score (nSPS) is 24.7. The second-order valence-electron chi connectivity index (χ2n) is 7.31. The minimum Gasteiger partial charge on any atom is -0.350 e. The summed E-state index contributed by atoms with van der Waals surface area (Å²) in [4.78, 5) is 19.6. The van der Waals surface area contributed by atoms with E-state index in [1.807, 2.05) is 35.9 Å². The molecule has 2 aromatic rings. The molecule has 0 saturated carbocycles. The first-order valence-corrected chi connectivity index (χ1v) is 9.18. The van der Waals surface area contributed by atoms with Crippen molar-refractivity contribution in [1.29, 1.82) is 0 Å². The fraction of sp³-hybridized carbons (Fsp3) is 0.579. The first-order valence-electron chi connectivity index (χ1n) is 9.18. The smallest absolute Gasteiger partial charge is 0.271 e. The van der Waals surface area contributed by atoms with E-state index in [-0.39, 0.29) is 5.91 Å². The summed E-state index contributed by atoms with van der Waals surface area (Å²) in [5.41, 5.74) is 2.49. The first-order chi connectivity index (χ1) is 11.7. The molecule has 0 aromatic carbocycles. The van der Waals surface area contributed by atoms with Gasteiger partial charge < -0.3 is 14.6 Å². The topological polar surface area (TPSA) is 49.6 Å². The van der Waals surface area contributed by atoms with Gasteiger partial charge in [0.2, 0.25) is 0 Å². The Labute approximate surface area is 143 Å². The number of piperidine rings is 2. The van der Waals surface area contributed by atoms with Crippen molar-refractivity contribution >= 4 is 11.6 Å². The number of pyridine rings is 1. The Kier molecular flexibility index (Phi) is 4.27. The van der Waals surface area contributed by atoms with Crippen molar-refractivity contribution in [3.8, 4) is 0 Å². The summed E-state index contributed by atoms with van der Waals surface area (Å²) < 4.78 is 1.92. The minimum atomic E-state index is -0.0516. The standard InChI is InChI=1S/C19H26N4O/c1-14-7-8-18-21-16(13-23(18)12-14)19(24)20-11-15-5-4-10-22-9-3-2-6-17(15)22/h7-8,12-13,15,17H,2-6,9-11H2,1H3,(H,20,24)/t15-,17+/m0/s1. The van der Waals surface area contributed by atoms with E-state index in [9.17, 15) is 4.79 Å². The second kappa shape index (κ2) is 6.55. The van der Waals surface area contributed by atoms with Crippen molar-refractivity contribution in [1.82, 2.24) is 19.6 Å². The Morgan fingerprint density at radius 3 is 3.00 bits per heavy atom. The van der Waals surface area contributed by atoms with Crippen molar-refractivity contribution in [2.24, 2.45) is 5.92 Å². The molecule has 4 rings (SSSR count). The van der Waals surface area contributed by atoms with Crippen LogP contribution in [0.5, 0.6) is 0 Å². The predicted molar refractivity (Wildman–Crippen MR) is 94.2 cm³/mol. The molecule has 2 aliphatic rings. The van der Waals surface area contributed by atoms with Crippen LogP contribution in [0.4, 0.5) is 0 Å². The molecule has 2 fully saturated rings. The van der Waals surface area contributed by atoms with Crippen LogP contribution in [-0.4, -0.2) is 45.9 Å². The van der Waals surface area contributed by atoms with Gasteiger partial charge in [-0.2, -0.15) is 0 Å². The van der Waals surface area contributed by atoms with E-state index in [0.29, 0.717) is 17.7 Å². The highest BCUT2D eigenvalue weighted by molar-refractivity contribution is 5.92. The monoisotopic (exact) mass is 326 g/mol. The lowest BCUT2D eigenvalue weighted by atomic mass is 9.83. The largest absolute Gasteiger partial charge is 0.350 e. The molecule has 24 heavy (non-hydrogen) atoms. The van der Waals surface area contributed by atoms with Crippen LogP contribution in [-0.2, 0) is 0 Å². The minimum absolute atomic E-state index is 0.0516. The molecule has 2 aromatic heterocycles. The van der Waals surface area contributed by atoms with Crippen molar-refractivity contribution in [2.45, 2.75) is 45.1 Å². The van der Waals surface area contributed by atoms with Gasteiger partial charge >= 0.3 is 0 Å². The predicted octanol–water partition coefficient (Wildman–Crippen LogP) is 2.64. The average molecular weight is 326 g/mol. The summed E-state index contributed by atoms with van der Waals surface area (Å²) in [6.45, 7) is 5.28. The summed E-state index contributed by atoms with van der Waals surface area (Å²) in [5, 5.41) is 3.14. The molecule has 0 spiro atoms. The lowest BCUT2D eigenvalue weighted by molar-refractivity contribution is 0.0575. The number of rotatable bonds is 3. The van der Waals surface area contributed by atoms with E-state index in [2.05, 4.69) is 15.2 Å². The van der Waals surface area contributed by atoms with Gasteiger partial charge in [0.15, 0.2) is 0 Å². The highest BCUT2D eigenvalue weighted by Crippen LogP contribution is 2.30. The van der Waals surface area contributed by atoms with Crippen molar-refractivity contribution < 1.29 is 4.79 Å². The molecule has 0 bridgehead atoms. The van der Waals surface area contributed by atoms with Crippen LogP contribution in [0.15, 0.2) is 24.5 Å². The third-order valence-corrected chi connectivity index (χ3v) is 5.59. The average Bonchev–Trinajstić information content (AvgIpc) is 3.03. The summed E-state index contributed by atoms with van der Waals surface area (Å²) in [7, 11) is 0. The van der Waals surface area contributed by atoms with Gasteiger partial charge in [-0.3, -0.25) is 4.79 Å². The van der Waals surface area contributed by atoms with E-state index < -0.39 is 0 Å². The number of aromatic nitrogens is 2. The first kappa shape index (κ1) is 15.6. The Balaban J connectivity index is 1.41. The van der Waals surface area contributed by atoms with Crippen LogP contribution >= 0.6 is 0 Å². The van der Waals surface area contributed by atoms with Crippen LogP contribution in [0.25, 0.3) is 5.65 Å². The number of hydrogen-bond donors (Lipinski definition) is 1. The van der Waals surface area contributed by atoms with E-state index >= 15 is 0 Å². The van der Waals surface area contributed by atoms with Gasteiger partial charge in [0.25, 0.3) is 5.91 Å². The number of imidazole rings is 1. The van der Waals surface area contributed by atoms with Crippen LogP contribution in [0.1, 0.15) is 48.2 Å². The molecular formula is C19H26N4O. The molecule has 1 amide bonds. The van der Waals surface area contributed by atoms with Gasteiger partial charge in [-0.25, -0.2) is 4.98 Å². The summed E-state index contributed by atoms with van der Waals surface area (Å²) in [6, 6.07) is 4.63. The third kappa shape index (κ3) is 3.05. The van der Waals surface area contributed by atoms with Crippen molar-refractivity contribution in [2.75, 3.05) is 19.6 Å². The number of hydrogen-bond acceptors (Lipinski definition) is 3. The fourth-order valence-corrected chi connectivity index (χ4v) is 4.34. The molecule has 2 aliphatic heterocycles. The molecule has 5 heteroatoms. The summed E-state index contributed by atoms with van der Waals surface area (Å²) >= 11 is 0. The number of nitrogens with one attached hydrogen (secondary N) is 1. The molecule has 2 atom stereocenters. The highest BCUT2D eigenvalue weighted by Gasteiger charge is 2.33. The maximum absolute atomic E-state index is 12.5.